The van der Waals surface area contributed by atoms with Crippen molar-refractivity contribution >= 4 is 23.2 Å². The molecule has 6 heteroatoms. The maximum atomic E-state index is 11.1. The largest absolute Gasteiger partial charge is 0.366 e. The van der Waals surface area contributed by atoms with Gasteiger partial charge in [-0.3, -0.25) is 9.79 Å². The lowest BCUT2D eigenvalue weighted by molar-refractivity contribution is 0.1000. The van der Waals surface area contributed by atoms with Crippen LogP contribution in [0, 0.1) is 0 Å². The van der Waals surface area contributed by atoms with Gasteiger partial charge in [-0.1, -0.05) is 18.2 Å². The minimum Gasteiger partial charge on any atom is -0.366 e. The van der Waals surface area contributed by atoms with Crippen molar-refractivity contribution in [3.63, 3.8) is 0 Å². The fourth-order valence-electron chi connectivity index (χ4n) is 1.82. The Morgan fingerprint density at radius 1 is 1.24 bits per heavy atom. The number of benzene rings is 1. The van der Waals surface area contributed by atoms with E-state index in [9.17, 15) is 4.79 Å². The van der Waals surface area contributed by atoms with E-state index in [4.69, 9.17) is 5.73 Å². The van der Waals surface area contributed by atoms with Crippen LogP contribution in [0.15, 0.2) is 46.8 Å². The van der Waals surface area contributed by atoms with Crippen molar-refractivity contribution in [1.29, 1.82) is 0 Å². The fourth-order valence-corrected chi connectivity index (χ4v) is 2.47. The molecule has 0 saturated heterocycles. The number of hydrogen-bond acceptors (Lipinski definition) is 3. The van der Waals surface area contributed by atoms with E-state index >= 15 is 0 Å². The maximum Gasteiger partial charge on any atom is 0.248 e. The molecule has 110 valence electrons. The second kappa shape index (κ2) is 7.44. The van der Waals surface area contributed by atoms with Crippen LogP contribution in [-0.4, -0.2) is 18.9 Å². The molecule has 0 bridgehead atoms. The molecule has 1 aromatic heterocycles. The summed E-state index contributed by atoms with van der Waals surface area (Å²) in [6.07, 6.45) is 0. The van der Waals surface area contributed by atoms with Crippen LogP contribution < -0.4 is 16.4 Å². The first-order valence-electron chi connectivity index (χ1n) is 6.54. The quantitative estimate of drug-likeness (QED) is 0.581. The lowest BCUT2D eigenvalue weighted by Crippen LogP contribution is -2.36. The summed E-state index contributed by atoms with van der Waals surface area (Å²) in [5.74, 6) is 0.296. The lowest BCUT2D eigenvalue weighted by Gasteiger charge is -2.11. The van der Waals surface area contributed by atoms with Crippen LogP contribution in [0.5, 0.6) is 0 Å². The molecule has 0 aliphatic carbocycles. The van der Waals surface area contributed by atoms with Gasteiger partial charge in [-0.05, 0) is 29.1 Å². The molecular weight excluding hydrogens is 284 g/mol. The van der Waals surface area contributed by atoms with Gasteiger partial charge < -0.3 is 16.4 Å². The van der Waals surface area contributed by atoms with Gasteiger partial charge in [0.2, 0.25) is 5.91 Å². The summed E-state index contributed by atoms with van der Waals surface area (Å²) in [6, 6.07) is 11.3. The first-order valence-corrected chi connectivity index (χ1v) is 7.42. The average Bonchev–Trinajstić information content (AvgIpc) is 3.01. The number of thiophene rings is 1. The topological polar surface area (TPSA) is 79.5 Å². The van der Waals surface area contributed by atoms with E-state index in [0.29, 0.717) is 18.1 Å². The molecule has 1 heterocycles. The van der Waals surface area contributed by atoms with Crippen LogP contribution >= 0.6 is 11.3 Å². The molecule has 0 aliphatic rings. The summed E-state index contributed by atoms with van der Waals surface area (Å²) in [5, 5.41) is 8.49. The number of primary amides is 1. The van der Waals surface area contributed by atoms with Crippen LogP contribution in [0.4, 0.5) is 0 Å². The molecule has 2 aromatic rings. The van der Waals surface area contributed by atoms with Crippen molar-refractivity contribution < 1.29 is 4.79 Å². The molecule has 2 rings (SSSR count). The van der Waals surface area contributed by atoms with Crippen molar-refractivity contribution in [2.75, 3.05) is 7.05 Å². The van der Waals surface area contributed by atoms with E-state index in [1.54, 1.807) is 30.5 Å². The smallest absolute Gasteiger partial charge is 0.248 e. The summed E-state index contributed by atoms with van der Waals surface area (Å²) in [5.41, 5.74) is 6.76. The highest BCUT2D eigenvalue weighted by atomic mass is 32.1. The zero-order valence-electron chi connectivity index (χ0n) is 11.8. The van der Waals surface area contributed by atoms with Gasteiger partial charge in [0.15, 0.2) is 5.96 Å². The van der Waals surface area contributed by atoms with E-state index in [0.717, 1.165) is 12.1 Å². The van der Waals surface area contributed by atoms with Crippen LogP contribution in [0.2, 0.25) is 0 Å². The summed E-state index contributed by atoms with van der Waals surface area (Å²) < 4.78 is 0. The Bertz CT molecular complexity index is 622. The Hall–Kier alpha value is -2.34. The number of carbonyl (C=O) groups excluding carboxylic acids is 1. The highest BCUT2D eigenvalue weighted by Crippen LogP contribution is 2.07. The number of nitrogens with one attached hydrogen (secondary N) is 2. The van der Waals surface area contributed by atoms with E-state index in [1.165, 1.54) is 4.88 Å². The average molecular weight is 302 g/mol. The summed E-state index contributed by atoms with van der Waals surface area (Å²) in [7, 11) is 1.73. The molecule has 21 heavy (non-hydrogen) atoms. The van der Waals surface area contributed by atoms with Gasteiger partial charge in [0, 0.05) is 24.0 Å². The molecule has 0 spiro atoms. The van der Waals surface area contributed by atoms with E-state index in [-0.39, 0.29) is 0 Å². The SMILES string of the molecule is CN=C(NCc1cccc(C(N)=O)c1)NCc1cccs1. The van der Waals surface area contributed by atoms with Gasteiger partial charge in [0.05, 0.1) is 6.54 Å². The Kier molecular flexibility index (Phi) is 5.34. The van der Waals surface area contributed by atoms with Gasteiger partial charge in [-0.25, -0.2) is 0 Å². The molecular formula is C15H18N4OS. The highest BCUT2D eigenvalue weighted by Gasteiger charge is 2.03. The summed E-state index contributed by atoms with van der Waals surface area (Å²) in [6.45, 7) is 1.31. The second-order valence-corrected chi connectivity index (χ2v) is 5.46. The highest BCUT2D eigenvalue weighted by molar-refractivity contribution is 7.09. The first-order chi connectivity index (χ1) is 10.2. The molecule has 0 saturated carbocycles. The Labute approximate surface area is 127 Å². The van der Waals surface area contributed by atoms with Crippen molar-refractivity contribution in [1.82, 2.24) is 10.6 Å². The van der Waals surface area contributed by atoms with Crippen LogP contribution in [0.25, 0.3) is 0 Å². The van der Waals surface area contributed by atoms with E-state index in [2.05, 4.69) is 21.7 Å². The minimum atomic E-state index is -0.419. The molecule has 0 fully saturated rings. The molecule has 1 aromatic carbocycles. The Balaban J connectivity index is 1.88. The zero-order chi connectivity index (χ0) is 15.1. The number of aliphatic imine (C=N–C) groups is 1. The standard InChI is InChI=1S/C15H18N4OS/c1-17-15(19-10-13-6-3-7-21-13)18-9-11-4-2-5-12(8-11)14(16)20/h2-8H,9-10H2,1H3,(H2,16,20)(H2,17,18,19). The molecule has 0 unspecified atom stereocenters. The third-order valence-corrected chi connectivity index (χ3v) is 3.78. The van der Waals surface area contributed by atoms with Crippen LogP contribution in [0.1, 0.15) is 20.8 Å². The third kappa shape index (κ3) is 4.61. The molecule has 1 amide bonds. The number of amides is 1. The number of nitrogens with zero attached hydrogens (tertiary/aromatic N) is 1. The number of carbonyl (C=O) groups is 1. The van der Waals surface area contributed by atoms with Crippen LogP contribution in [0.3, 0.4) is 0 Å². The summed E-state index contributed by atoms with van der Waals surface area (Å²) in [4.78, 5) is 16.6. The number of guanidine groups is 1. The van der Waals surface area contributed by atoms with Crippen molar-refractivity contribution in [2.45, 2.75) is 13.1 Å². The number of nitrogens with two attached hydrogens (primary N) is 1. The predicted octanol–water partition coefficient (Wildman–Crippen LogP) is 1.71. The molecule has 4 N–H and O–H groups in total. The van der Waals surface area contributed by atoms with Gasteiger partial charge in [0.25, 0.3) is 0 Å². The van der Waals surface area contributed by atoms with Gasteiger partial charge in [-0.2, -0.15) is 0 Å². The minimum absolute atomic E-state index is 0.419. The van der Waals surface area contributed by atoms with Crippen molar-refractivity contribution in [3.8, 4) is 0 Å². The van der Waals surface area contributed by atoms with Gasteiger partial charge >= 0.3 is 0 Å². The lowest BCUT2D eigenvalue weighted by atomic mass is 10.1. The normalized spacial score (nSPS) is 11.2. The Morgan fingerprint density at radius 3 is 2.71 bits per heavy atom. The van der Waals surface area contributed by atoms with Crippen molar-refractivity contribution in [3.05, 3.63) is 57.8 Å². The van der Waals surface area contributed by atoms with Crippen LogP contribution in [-0.2, 0) is 13.1 Å². The number of rotatable bonds is 5. The van der Waals surface area contributed by atoms with Gasteiger partial charge in [-0.15, -0.1) is 11.3 Å². The Morgan fingerprint density at radius 2 is 2.05 bits per heavy atom. The molecule has 5 nitrogen and oxygen atoms in total. The third-order valence-electron chi connectivity index (χ3n) is 2.91. The number of hydrogen-bond donors (Lipinski definition) is 3. The first kappa shape index (κ1) is 15.1. The van der Waals surface area contributed by atoms with Gasteiger partial charge in [0.1, 0.15) is 0 Å². The monoisotopic (exact) mass is 302 g/mol. The second-order valence-electron chi connectivity index (χ2n) is 4.42. The predicted molar refractivity (Wildman–Crippen MR) is 86.3 cm³/mol. The molecule has 0 aliphatic heterocycles. The maximum absolute atomic E-state index is 11.1. The zero-order valence-corrected chi connectivity index (χ0v) is 12.6. The summed E-state index contributed by atoms with van der Waals surface area (Å²) >= 11 is 1.70. The molecule has 0 radical (unpaired) electrons. The van der Waals surface area contributed by atoms with E-state index in [1.807, 2.05) is 23.6 Å². The van der Waals surface area contributed by atoms with Crippen molar-refractivity contribution in [2.24, 2.45) is 10.7 Å². The van der Waals surface area contributed by atoms with E-state index < -0.39 is 5.91 Å². The fraction of sp³-hybridized carbons (Fsp3) is 0.200. The molecule has 0 atom stereocenters.